The summed E-state index contributed by atoms with van der Waals surface area (Å²) >= 11 is 0. The van der Waals surface area contributed by atoms with Gasteiger partial charge in [0.2, 0.25) is 5.91 Å². The maximum Gasteiger partial charge on any atom is 0.339 e. The normalized spacial score (nSPS) is 15.1. The highest BCUT2D eigenvalue weighted by Gasteiger charge is 2.24. The minimum Gasteiger partial charge on any atom is -0.497 e. The molecule has 1 heterocycles. The number of carbonyl (C=O) groups is 1. The highest BCUT2D eigenvalue weighted by Crippen LogP contribution is 2.26. The zero-order valence-corrected chi connectivity index (χ0v) is 16.5. The lowest BCUT2D eigenvalue weighted by Crippen LogP contribution is -2.41. The molecule has 1 saturated carbocycles. The van der Waals surface area contributed by atoms with Crippen LogP contribution in [-0.2, 0) is 11.2 Å². The third-order valence-electron chi connectivity index (χ3n) is 5.76. The Balaban J connectivity index is 1.77. The van der Waals surface area contributed by atoms with Crippen molar-refractivity contribution in [2.24, 2.45) is 0 Å². The first-order valence-electron chi connectivity index (χ1n) is 9.95. The number of rotatable bonds is 6. The van der Waals surface area contributed by atoms with Gasteiger partial charge in [0.25, 0.3) is 0 Å². The maximum absolute atomic E-state index is 12.8. The molecule has 0 radical (unpaired) electrons. The summed E-state index contributed by atoms with van der Waals surface area (Å²) < 4.78 is 10.7. The predicted molar refractivity (Wildman–Crippen MR) is 106 cm³/mol. The average Bonchev–Trinajstić information content (AvgIpc) is 2.68. The molecule has 2 aromatic rings. The molecule has 0 atom stereocenters. The zero-order chi connectivity index (χ0) is 19.4. The molecular formula is C22H29NO4. The highest BCUT2D eigenvalue weighted by atomic mass is 16.5. The van der Waals surface area contributed by atoms with E-state index >= 15 is 0 Å². The van der Waals surface area contributed by atoms with Crippen molar-refractivity contribution in [3.05, 3.63) is 39.7 Å². The molecule has 0 unspecified atom stereocenters. The smallest absolute Gasteiger partial charge is 0.339 e. The largest absolute Gasteiger partial charge is 0.497 e. The van der Waals surface area contributed by atoms with E-state index in [2.05, 4.69) is 0 Å². The standard InChI is InChI=1S/C22H29NO4/c1-4-23(16-8-6-5-7-9-16)21(24)13-12-19-15(2)18-11-10-17(26-3)14-20(18)27-22(19)25/h10-11,14,16H,4-9,12-13H2,1-3H3. The van der Waals surface area contributed by atoms with Gasteiger partial charge in [-0.15, -0.1) is 0 Å². The molecule has 3 rings (SSSR count). The van der Waals surface area contributed by atoms with Crippen LogP contribution >= 0.6 is 0 Å². The van der Waals surface area contributed by atoms with Crippen molar-refractivity contribution in [3.8, 4) is 5.75 Å². The molecule has 0 saturated heterocycles. The molecule has 1 aliphatic carbocycles. The van der Waals surface area contributed by atoms with E-state index in [0.29, 0.717) is 35.8 Å². The molecule has 0 N–H and O–H groups in total. The van der Waals surface area contributed by atoms with E-state index in [1.54, 1.807) is 13.2 Å². The fourth-order valence-electron chi connectivity index (χ4n) is 4.20. The second-order valence-electron chi connectivity index (χ2n) is 7.33. The van der Waals surface area contributed by atoms with Gasteiger partial charge in [-0.05, 0) is 50.8 Å². The molecule has 146 valence electrons. The lowest BCUT2D eigenvalue weighted by Gasteiger charge is -2.33. The second-order valence-corrected chi connectivity index (χ2v) is 7.33. The van der Waals surface area contributed by atoms with E-state index in [9.17, 15) is 9.59 Å². The summed E-state index contributed by atoms with van der Waals surface area (Å²) in [5, 5.41) is 0.887. The van der Waals surface area contributed by atoms with Crippen molar-refractivity contribution >= 4 is 16.9 Å². The van der Waals surface area contributed by atoms with Crippen LogP contribution in [0.25, 0.3) is 11.0 Å². The van der Waals surface area contributed by atoms with E-state index in [-0.39, 0.29) is 11.5 Å². The summed E-state index contributed by atoms with van der Waals surface area (Å²) in [7, 11) is 1.58. The van der Waals surface area contributed by atoms with Gasteiger partial charge in [-0.3, -0.25) is 4.79 Å². The monoisotopic (exact) mass is 371 g/mol. The van der Waals surface area contributed by atoms with Gasteiger partial charge in [0, 0.05) is 36.0 Å². The van der Waals surface area contributed by atoms with E-state index in [4.69, 9.17) is 9.15 Å². The number of ether oxygens (including phenoxy) is 1. The third kappa shape index (κ3) is 4.18. The molecule has 5 nitrogen and oxygen atoms in total. The van der Waals surface area contributed by atoms with Gasteiger partial charge in [0.15, 0.2) is 0 Å². The summed E-state index contributed by atoms with van der Waals surface area (Å²) in [6, 6.07) is 5.84. The van der Waals surface area contributed by atoms with E-state index < -0.39 is 0 Å². The summed E-state index contributed by atoms with van der Waals surface area (Å²) in [6.45, 7) is 4.69. The van der Waals surface area contributed by atoms with Crippen LogP contribution in [-0.4, -0.2) is 30.5 Å². The molecule has 0 spiro atoms. The Morgan fingerprint density at radius 1 is 1.26 bits per heavy atom. The Morgan fingerprint density at radius 3 is 2.67 bits per heavy atom. The second kappa shape index (κ2) is 8.59. The van der Waals surface area contributed by atoms with Gasteiger partial charge in [0.05, 0.1) is 7.11 Å². The predicted octanol–water partition coefficient (Wildman–Crippen LogP) is 4.22. The van der Waals surface area contributed by atoms with Crippen LogP contribution < -0.4 is 10.4 Å². The van der Waals surface area contributed by atoms with E-state index in [1.165, 1.54) is 19.3 Å². The zero-order valence-electron chi connectivity index (χ0n) is 16.5. The fourth-order valence-corrected chi connectivity index (χ4v) is 4.20. The minimum atomic E-state index is -0.359. The lowest BCUT2D eigenvalue weighted by atomic mass is 9.93. The topological polar surface area (TPSA) is 59.8 Å². The summed E-state index contributed by atoms with van der Waals surface area (Å²) in [4.78, 5) is 27.3. The highest BCUT2D eigenvalue weighted by molar-refractivity contribution is 5.82. The van der Waals surface area contributed by atoms with Gasteiger partial charge in [-0.25, -0.2) is 4.79 Å². The van der Waals surface area contributed by atoms with Crippen molar-refractivity contribution in [1.82, 2.24) is 4.90 Å². The lowest BCUT2D eigenvalue weighted by molar-refractivity contribution is -0.133. The van der Waals surface area contributed by atoms with Crippen LogP contribution in [0, 0.1) is 6.92 Å². The van der Waals surface area contributed by atoms with Crippen LogP contribution in [0.1, 0.15) is 56.6 Å². The van der Waals surface area contributed by atoms with Gasteiger partial charge in [-0.1, -0.05) is 19.3 Å². The first kappa shape index (κ1) is 19.5. The number of methoxy groups -OCH3 is 1. The number of amides is 1. The molecule has 27 heavy (non-hydrogen) atoms. The Kier molecular flexibility index (Phi) is 6.19. The van der Waals surface area contributed by atoms with Crippen molar-refractivity contribution in [2.75, 3.05) is 13.7 Å². The summed E-state index contributed by atoms with van der Waals surface area (Å²) in [6.07, 6.45) is 6.62. The molecular weight excluding hydrogens is 342 g/mol. The van der Waals surface area contributed by atoms with Crippen LogP contribution in [0.2, 0.25) is 0 Å². The summed E-state index contributed by atoms with van der Waals surface area (Å²) in [5.74, 6) is 0.789. The Morgan fingerprint density at radius 2 is 2.00 bits per heavy atom. The fraction of sp³-hybridized carbons (Fsp3) is 0.545. The van der Waals surface area contributed by atoms with Gasteiger partial charge in [-0.2, -0.15) is 0 Å². The van der Waals surface area contributed by atoms with Crippen molar-refractivity contribution in [2.45, 2.75) is 64.8 Å². The van der Waals surface area contributed by atoms with Crippen LogP contribution in [0.5, 0.6) is 5.75 Å². The third-order valence-corrected chi connectivity index (χ3v) is 5.76. The molecule has 0 aliphatic heterocycles. The van der Waals surface area contributed by atoms with Crippen molar-refractivity contribution in [1.29, 1.82) is 0 Å². The Hall–Kier alpha value is -2.30. The van der Waals surface area contributed by atoms with Crippen LogP contribution in [0.3, 0.4) is 0 Å². The SMILES string of the molecule is CCN(C(=O)CCc1c(C)c2ccc(OC)cc2oc1=O)C1CCCCC1. The number of hydrogen-bond acceptors (Lipinski definition) is 4. The van der Waals surface area contributed by atoms with Gasteiger partial charge >= 0.3 is 5.63 Å². The Bertz CT molecular complexity index is 864. The van der Waals surface area contributed by atoms with E-state index in [0.717, 1.165) is 30.3 Å². The quantitative estimate of drug-likeness (QED) is 0.713. The van der Waals surface area contributed by atoms with Crippen molar-refractivity contribution < 1.29 is 13.9 Å². The van der Waals surface area contributed by atoms with Crippen LogP contribution in [0.15, 0.2) is 27.4 Å². The molecule has 1 fully saturated rings. The average molecular weight is 371 g/mol. The number of carbonyl (C=O) groups excluding carboxylic acids is 1. The Labute approximate surface area is 160 Å². The number of benzene rings is 1. The number of hydrogen-bond donors (Lipinski definition) is 0. The molecule has 0 bridgehead atoms. The maximum atomic E-state index is 12.8. The first-order chi connectivity index (χ1) is 13.0. The van der Waals surface area contributed by atoms with Crippen LogP contribution in [0.4, 0.5) is 0 Å². The molecule has 1 aromatic heterocycles. The summed E-state index contributed by atoms with van der Waals surface area (Å²) in [5.41, 5.74) is 1.64. The molecule has 1 aliphatic rings. The number of aryl methyl sites for hydroxylation is 1. The number of nitrogens with zero attached hydrogens (tertiary/aromatic N) is 1. The molecule has 1 amide bonds. The van der Waals surface area contributed by atoms with E-state index in [1.807, 2.05) is 30.9 Å². The molecule has 1 aromatic carbocycles. The van der Waals surface area contributed by atoms with Gasteiger partial charge in [0.1, 0.15) is 11.3 Å². The minimum absolute atomic E-state index is 0.137. The molecule has 5 heteroatoms. The van der Waals surface area contributed by atoms with Gasteiger partial charge < -0.3 is 14.1 Å². The number of fused-ring (bicyclic) bond motifs is 1. The van der Waals surface area contributed by atoms with Crippen molar-refractivity contribution in [3.63, 3.8) is 0 Å². The first-order valence-corrected chi connectivity index (χ1v) is 9.95.